The molecule has 2 N–H and O–H groups in total. The molecule has 2 unspecified atom stereocenters. The van der Waals surface area contributed by atoms with Crippen LogP contribution in [-0.4, -0.2) is 64.9 Å². The van der Waals surface area contributed by atoms with Crippen molar-refractivity contribution >= 4 is 27.8 Å². The van der Waals surface area contributed by atoms with Crippen LogP contribution in [0.15, 0.2) is 59.1 Å². The van der Waals surface area contributed by atoms with Gasteiger partial charge in [-0.25, -0.2) is 8.42 Å². The Morgan fingerprint density at radius 3 is 2.42 bits per heavy atom. The summed E-state index contributed by atoms with van der Waals surface area (Å²) in [6.45, 7) is 5.11. The van der Waals surface area contributed by atoms with Crippen molar-refractivity contribution in [3.8, 4) is 0 Å². The first kappa shape index (κ1) is 29.0. The summed E-state index contributed by atoms with van der Waals surface area (Å²) in [5.74, 6) is -2.67. The average Bonchev–Trinajstić information content (AvgIpc) is 3.25. The first-order chi connectivity index (χ1) is 19.0. The smallest absolute Gasteiger partial charge is 0.305 e. The Bertz CT molecular complexity index is 1480. The van der Waals surface area contributed by atoms with E-state index in [0.717, 1.165) is 9.87 Å². The van der Waals surface area contributed by atoms with Crippen molar-refractivity contribution < 1.29 is 32.4 Å². The summed E-state index contributed by atoms with van der Waals surface area (Å²) in [7, 11) is -4.09. The molecule has 0 radical (unpaired) electrons. The van der Waals surface area contributed by atoms with E-state index in [0.29, 0.717) is 23.2 Å². The van der Waals surface area contributed by atoms with Gasteiger partial charge in [-0.3, -0.25) is 14.4 Å². The number of carbonyl (C=O) groups is 3. The maximum Gasteiger partial charge on any atom is 0.305 e. The van der Waals surface area contributed by atoms with Crippen LogP contribution in [0.5, 0.6) is 0 Å². The average molecular weight is 569 g/mol. The lowest BCUT2D eigenvalue weighted by Crippen LogP contribution is -2.63. The fourth-order valence-corrected chi connectivity index (χ4v) is 6.63. The summed E-state index contributed by atoms with van der Waals surface area (Å²) in [4.78, 5) is 40.6. The third kappa shape index (κ3) is 6.40. The van der Waals surface area contributed by atoms with Gasteiger partial charge >= 0.3 is 5.97 Å². The van der Waals surface area contributed by atoms with E-state index in [1.165, 1.54) is 4.90 Å². The highest BCUT2D eigenvalue weighted by atomic mass is 32.2. The normalized spacial score (nSPS) is 16.9. The van der Waals surface area contributed by atoms with Gasteiger partial charge in [0.25, 0.3) is 11.8 Å². The Balaban J connectivity index is 1.74. The molecule has 40 heavy (non-hydrogen) atoms. The van der Waals surface area contributed by atoms with E-state index in [1.54, 1.807) is 62.4 Å². The quantitative estimate of drug-likeness (QED) is 0.400. The van der Waals surface area contributed by atoms with Crippen molar-refractivity contribution in [2.45, 2.75) is 51.6 Å². The molecule has 2 atom stereocenters. The van der Waals surface area contributed by atoms with Crippen LogP contribution in [0, 0.1) is 20.8 Å². The fraction of sp³-hybridized carbons (Fsp3) is 0.357. The molecule has 1 aliphatic rings. The first-order valence-electron chi connectivity index (χ1n) is 12.8. The standard InChI is InChI=1S/C28H32N4O7S/c1-18-9-7-12-22(15-18)23(16-24(33)34)29-26(35)27-31(28(36)25-19(2)30-39-20(25)3)13-8-14-32(27)40(37,38)17-21-10-5-4-6-11-21/h4-7,9-12,15,23,27H,8,13-14,16-17H2,1-3H3,(H,29,35)(H,33,34). The maximum absolute atomic E-state index is 14.0. The van der Waals surface area contributed by atoms with E-state index in [4.69, 9.17) is 4.52 Å². The number of carbonyl (C=O) groups excluding carboxylic acids is 2. The summed E-state index contributed by atoms with van der Waals surface area (Å²) < 4.78 is 33.6. The molecule has 12 heteroatoms. The molecule has 1 aliphatic heterocycles. The van der Waals surface area contributed by atoms with Gasteiger partial charge in [0.15, 0.2) is 6.17 Å². The number of amides is 2. The van der Waals surface area contributed by atoms with E-state index >= 15 is 0 Å². The SMILES string of the molecule is Cc1cccc(C(CC(=O)O)NC(=O)C2N(C(=O)c3c(C)noc3C)CCCN2S(=O)(=O)Cc2ccccc2)c1. The van der Waals surface area contributed by atoms with Crippen molar-refractivity contribution in [1.29, 1.82) is 0 Å². The van der Waals surface area contributed by atoms with Gasteiger partial charge in [0, 0.05) is 13.1 Å². The molecule has 2 amide bonds. The predicted octanol–water partition coefficient (Wildman–Crippen LogP) is 2.94. The van der Waals surface area contributed by atoms with Crippen molar-refractivity contribution in [1.82, 2.24) is 19.7 Å². The number of aromatic nitrogens is 1. The molecule has 2 heterocycles. The second-order valence-electron chi connectivity index (χ2n) is 9.85. The fourth-order valence-electron chi connectivity index (χ4n) is 4.93. The van der Waals surface area contributed by atoms with Crippen LogP contribution in [0.2, 0.25) is 0 Å². The summed E-state index contributed by atoms with van der Waals surface area (Å²) in [5, 5.41) is 16.1. The third-order valence-corrected chi connectivity index (χ3v) is 8.57. The number of aliphatic carboxylic acids is 1. The molecule has 1 fully saturated rings. The third-order valence-electron chi connectivity index (χ3n) is 6.78. The molecule has 0 spiro atoms. The van der Waals surface area contributed by atoms with Gasteiger partial charge in [-0.05, 0) is 38.3 Å². The highest BCUT2D eigenvalue weighted by Gasteiger charge is 2.45. The Hall–Kier alpha value is -4.03. The molecule has 0 aliphatic carbocycles. The van der Waals surface area contributed by atoms with E-state index in [1.807, 2.05) is 13.0 Å². The monoisotopic (exact) mass is 568 g/mol. The molecule has 11 nitrogen and oxygen atoms in total. The molecule has 0 saturated carbocycles. The van der Waals surface area contributed by atoms with E-state index in [-0.39, 0.29) is 30.2 Å². The van der Waals surface area contributed by atoms with Gasteiger partial charge in [0.05, 0.1) is 23.9 Å². The summed E-state index contributed by atoms with van der Waals surface area (Å²) in [6, 6.07) is 14.6. The van der Waals surface area contributed by atoms with Crippen molar-refractivity contribution in [2.24, 2.45) is 0 Å². The van der Waals surface area contributed by atoms with Crippen LogP contribution in [0.1, 0.15) is 57.4 Å². The van der Waals surface area contributed by atoms with Crippen molar-refractivity contribution in [3.63, 3.8) is 0 Å². The Labute approximate surface area is 232 Å². The first-order valence-corrected chi connectivity index (χ1v) is 14.4. The summed E-state index contributed by atoms with van der Waals surface area (Å²) in [6.07, 6.45) is -1.69. The molecular formula is C28H32N4O7S. The van der Waals surface area contributed by atoms with Gasteiger partial charge in [0.1, 0.15) is 11.3 Å². The van der Waals surface area contributed by atoms with Crippen LogP contribution in [-0.2, 0) is 25.4 Å². The van der Waals surface area contributed by atoms with Crippen LogP contribution in [0.4, 0.5) is 0 Å². The van der Waals surface area contributed by atoms with E-state index in [2.05, 4.69) is 10.5 Å². The minimum Gasteiger partial charge on any atom is -0.481 e. The zero-order chi connectivity index (χ0) is 29.0. The number of nitrogens with zero attached hydrogens (tertiary/aromatic N) is 3. The van der Waals surface area contributed by atoms with E-state index < -0.39 is 46.4 Å². The lowest BCUT2D eigenvalue weighted by atomic mass is 10.0. The molecule has 1 saturated heterocycles. The molecule has 212 valence electrons. The van der Waals surface area contributed by atoms with Crippen LogP contribution in [0.3, 0.4) is 0 Å². The Morgan fingerprint density at radius 1 is 1.07 bits per heavy atom. The van der Waals surface area contributed by atoms with Crippen LogP contribution >= 0.6 is 0 Å². The number of carboxylic acids is 1. The van der Waals surface area contributed by atoms with Crippen LogP contribution in [0.25, 0.3) is 0 Å². The molecule has 3 aromatic rings. The van der Waals surface area contributed by atoms with Gasteiger partial charge in [-0.2, -0.15) is 4.31 Å². The highest BCUT2D eigenvalue weighted by molar-refractivity contribution is 7.88. The number of sulfonamides is 1. The van der Waals surface area contributed by atoms with E-state index in [9.17, 15) is 27.9 Å². The number of nitrogens with one attached hydrogen (secondary N) is 1. The van der Waals surface area contributed by atoms with Gasteiger partial charge < -0.3 is 19.8 Å². The maximum atomic E-state index is 14.0. The number of hydrogen-bond acceptors (Lipinski definition) is 7. The molecule has 2 aromatic carbocycles. The lowest BCUT2D eigenvalue weighted by molar-refractivity contribution is -0.138. The van der Waals surface area contributed by atoms with Gasteiger partial charge in [0.2, 0.25) is 10.0 Å². The number of rotatable bonds is 9. The highest BCUT2D eigenvalue weighted by Crippen LogP contribution is 2.27. The van der Waals surface area contributed by atoms with Crippen molar-refractivity contribution in [3.05, 3.63) is 88.3 Å². The molecule has 1 aromatic heterocycles. The van der Waals surface area contributed by atoms with Crippen molar-refractivity contribution in [2.75, 3.05) is 13.1 Å². The second-order valence-corrected chi connectivity index (χ2v) is 11.8. The number of carboxylic acid groups (broad SMARTS) is 1. The molecule has 0 bridgehead atoms. The zero-order valence-corrected chi connectivity index (χ0v) is 23.3. The molecular weight excluding hydrogens is 536 g/mol. The minimum atomic E-state index is -4.09. The van der Waals surface area contributed by atoms with Gasteiger partial charge in [-0.15, -0.1) is 0 Å². The largest absolute Gasteiger partial charge is 0.481 e. The summed E-state index contributed by atoms with van der Waals surface area (Å²) >= 11 is 0. The van der Waals surface area contributed by atoms with Gasteiger partial charge in [-0.1, -0.05) is 65.3 Å². The second kappa shape index (κ2) is 12.0. The lowest BCUT2D eigenvalue weighted by Gasteiger charge is -2.42. The predicted molar refractivity (Wildman–Crippen MR) is 146 cm³/mol. The number of hydrogen-bond donors (Lipinski definition) is 2. The number of aryl methyl sites for hydroxylation is 3. The number of benzene rings is 2. The minimum absolute atomic E-state index is 0.00662. The Kier molecular flexibility index (Phi) is 8.70. The summed E-state index contributed by atoms with van der Waals surface area (Å²) in [5.41, 5.74) is 2.41. The zero-order valence-electron chi connectivity index (χ0n) is 22.5. The Morgan fingerprint density at radius 2 is 1.80 bits per heavy atom. The van der Waals surface area contributed by atoms with Crippen LogP contribution < -0.4 is 5.32 Å². The molecule has 4 rings (SSSR count). The topological polar surface area (TPSA) is 150 Å².